The highest BCUT2D eigenvalue weighted by molar-refractivity contribution is 5.92. The van der Waals surface area contributed by atoms with Crippen LogP contribution in [0.4, 0.5) is 10.2 Å². The van der Waals surface area contributed by atoms with E-state index < -0.39 is 0 Å². The van der Waals surface area contributed by atoms with E-state index in [1.54, 1.807) is 18.2 Å². The average molecular weight is 330 g/mol. The molecule has 24 heavy (non-hydrogen) atoms. The van der Waals surface area contributed by atoms with E-state index in [2.05, 4.69) is 34.0 Å². The molecule has 5 nitrogen and oxygen atoms in total. The molecule has 0 aliphatic heterocycles. The third-order valence-corrected chi connectivity index (χ3v) is 3.56. The lowest BCUT2D eigenvalue weighted by Gasteiger charge is -2.22. The molecular formula is C18H23FN4O. The zero-order chi connectivity index (χ0) is 17.4. The lowest BCUT2D eigenvalue weighted by atomic mass is 10.2. The van der Waals surface area contributed by atoms with Crippen LogP contribution in [0, 0.1) is 5.82 Å². The highest BCUT2D eigenvalue weighted by atomic mass is 19.1. The smallest absolute Gasteiger partial charge is 0.270 e. The van der Waals surface area contributed by atoms with Crippen molar-refractivity contribution in [2.24, 2.45) is 0 Å². The van der Waals surface area contributed by atoms with Crippen molar-refractivity contribution in [2.75, 3.05) is 18.0 Å². The summed E-state index contributed by atoms with van der Waals surface area (Å²) in [6, 6.07) is 7.75. The standard InChI is InChI=1S/C18H23FN4O/c1-3-9-23(10-4-2)17-11-16(21-13-22-17)18(24)20-12-14-5-7-15(19)8-6-14/h5-8,11,13H,3-4,9-10,12H2,1-2H3,(H,20,24). The van der Waals surface area contributed by atoms with Crippen molar-refractivity contribution in [2.45, 2.75) is 33.2 Å². The molecule has 128 valence electrons. The second kappa shape index (κ2) is 8.96. The van der Waals surface area contributed by atoms with Gasteiger partial charge in [0.25, 0.3) is 5.91 Å². The molecule has 0 fully saturated rings. The molecule has 6 heteroatoms. The highest BCUT2D eigenvalue weighted by Gasteiger charge is 2.12. The second-order valence-corrected chi connectivity index (χ2v) is 5.56. The molecule has 2 aromatic rings. The van der Waals surface area contributed by atoms with Gasteiger partial charge in [0.2, 0.25) is 0 Å². The summed E-state index contributed by atoms with van der Waals surface area (Å²) in [6.07, 6.45) is 3.44. The Bertz CT molecular complexity index is 654. The number of carbonyl (C=O) groups is 1. The predicted molar refractivity (Wildman–Crippen MR) is 92.4 cm³/mol. The molecule has 0 bridgehead atoms. The molecule has 1 heterocycles. The van der Waals surface area contributed by atoms with Crippen molar-refractivity contribution in [1.29, 1.82) is 0 Å². The van der Waals surface area contributed by atoms with Crippen LogP contribution in [0.15, 0.2) is 36.7 Å². The Hall–Kier alpha value is -2.50. The third kappa shape index (κ3) is 5.01. The predicted octanol–water partition coefficient (Wildman–Crippen LogP) is 3.17. The molecule has 2 rings (SSSR count). The summed E-state index contributed by atoms with van der Waals surface area (Å²) in [5.41, 5.74) is 1.16. The minimum atomic E-state index is -0.294. The number of benzene rings is 1. The number of hydrogen-bond acceptors (Lipinski definition) is 4. The van der Waals surface area contributed by atoms with E-state index in [0.29, 0.717) is 12.2 Å². The summed E-state index contributed by atoms with van der Waals surface area (Å²) in [5, 5.41) is 2.79. The van der Waals surface area contributed by atoms with Crippen LogP contribution in [0.1, 0.15) is 42.7 Å². The van der Waals surface area contributed by atoms with Crippen LogP contribution in [-0.2, 0) is 6.54 Å². The summed E-state index contributed by atoms with van der Waals surface area (Å²) in [4.78, 5) is 22.8. The summed E-state index contributed by atoms with van der Waals surface area (Å²) in [6.45, 7) is 6.33. The van der Waals surface area contributed by atoms with Crippen LogP contribution in [0.3, 0.4) is 0 Å². The van der Waals surface area contributed by atoms with Gasteiger partial charge in [0.15, 0.2) is 0 Å². The molecule has 1 amide bonds. The Morgan fingerprint density at radius 1 is 1.12 bits per heavy atom. The number of hydrogen-bond donors (Lipinski definition) is 1. The largest absolute Gasteiger partial charge is 0.357 e. The van der Waals surface area contributed by atoms with E-state index >= 15 is 0 Å². The van der Waals surface area contributed by atoms with Crippen molar-refractivity contribution >= 4 is 11.7 Å². The van der Waals surface area contributed by atoms with E-state index in [0.717, 1.165) is 37.3 Å². The van der Waals surface area contributed by atoms with Crippen molar-refractivity contribution in [3.8, 4) is 0 Å². The fourth-order valence-corrected chi connectivity index (χ4v) is 2.40. The molecule has 1 aromatic carbocycles. The molecule has 0 atom stereocenters. The molecule has 1 aromatic heterocycles. The monoisotopic (exact) mass is 330 g/mol. The minimum Gasteiger partial charge on any atom is -0.357 e. The van der Waals surface area contributed by atoms with Crippen molar-refractivity contribution in [3.05, 3.63) is 53.7 Å². The summed E-state index contributed by atoms with van der Waals surface area (Å²) >= 11 is 0. The second-order valence-electron chi connectivity index (χ2n) is 5.56. The molecule has 0 unspecified atom stereocenters. The fraction of sp³-hybridized carbons (Fsp3) is 0.389. The van der Waals surface area contributed by atoms with E-state index in [1.165, 1.54) is 18.5 Å². The van der Waals surface area contributed by atoms with Crippen molar-refractivity contribution in [3.63, 3.8) is 0 Å². The van der Waals surface area contributed by atoms with Crippen LogP contribution in [0.2, 0.25) is 0 Å². The quantitative estimate of drug-likeness (QED) is 0.808. The van der Waals surface area contributed by atoms with E-state index in [9.17, 15) is 9.18 Å². The molecule has 0 spiro atoms. The van der Waals surface area contributed by atoms with Gasteiger partial charge in [0.05, 0.1) is 0 Å². The van der Waals surface area contributed by atoms with E-state index in [1.807, 2.05) is 0 Å². The number of halogens is 1. The Morgan fingerprint density at radius 3 is 2.42 bits per heavy atom. The summed E-state index contributed by atoms with van der Waals surface area (Å²) in [7, 11) is 0. The first-order valence-corrected chi connectivity index (χ1v) is 8.23. The van der Waals surface area contributed by atoms with Crippen LogP contribution >= 0.6 is 0 Å². The molecular weight excluding hydrogens is 307 g/mol. The van der Waals surface area contributed by atoms with Crippen LogP contribution in [0.5, 0.6) is 0 Å². The number of anilines is 1. The topological polar surface area (TPSA) is 58.1 Å². The fourth-order valence-electron chi connectivity index (χ4n) is 2.40. The van der Waals surface area contributed by atoms with Crippen molar-refractivity contribution < 1.29 is 9.18 Å². The number of nitrogens with zero attached hydrogens (tertiary/aromatic N) is 3. The molecule has 0 radical (unpaired) electrons. The lowest BCUT2D eigenvalue weighted by molar-refractivity contribution is 0.0945. The number of nitrogens with one attached hydrogen (secondary N) is 1. The number of amides is 1. The molecule has 0 aliphatic carbocycles. The van der Waals surface area contributed by atoms with Gasteiger partial charge in [0, 0.05) is 25.7 Å². The Labute approximate surface area is 141 Å². The van der Waals surface area contributed by atoms with Crippen LogP contribution in [0.25, 0.3) is 0 Å². The number of aromatic nitrogens is 2. The maximum Gasteiger partial charge on any atom is 0.270 e. The van der Waals surface area contributed by atoms with E-state index in [-0.39, 0.29) is 11.7 Å². The average Bonchev–Trinajstić information content (AvgIpc) is 2.61. The molecule has 0 saturated heterocycles. The van der Waals surface area contributed by atoms with Gasteiger partial charge in [-0.1, -0.05) is 26.0 Å². The number of carbonyl (C=O) groups excluding carboxylic acids is 1. The highest BCUT2D eigenvalue weighted by Crippen LogP contribution is 2.12. The zero-order valence-corrected chi connectivity index (χ0v) is 14.1. The van der Waals surface area contributed by atoms with Gasteiger partial charge >= 0.3 is 0 Å². The molecule has 0 aliphatic rings. The Balaban J connectivity index is 2.03. The van der Waals surface area contributed by atoms with Crippen LogP contribution < -0.4 is 10.2 Å². The Kier molecular flexibility index (Phi) is 6.66. The first-order chi connectivity index (χ1) is 11.6. The van der Waals surface area contributed by atoms with Gasteiger partial charge in [0.1, 0.15) is 23.7 Å². The van der Waals surface area contributed by atoms with Gasteiger partial charge in [-0.3, -0.25) is 4.79 Å². The minimum absolute atomic E-state index is 0.268. The maximum atomic E-state index is 12.9. The molecule has 0 saturated carbocycles. The van der Waals surface area contributed by atoms with Gasteiger partial charge in [-0.2, -0.15) is 0 Å². The van der Waals surface area contributed by atoms with E-state index in [4.69, 9.17) is 0 Å². The third-order valence-electron chi connectivity index (χ3n) is 3.56. The normalized spacial score (nSPS) is 10.5. The van der Waals surface area contributed by atoms with Gasteiger partial charge in [-0.05, 0) is 30.5 Å². The Morgan fingerprint density at radius 2 is 1.79 bits per heavy atom. The first kappa shape index (κ1) is 17.8. The van der Waals surface area contributed by atoms with Crippen LogP contribution in [-0.4, -0.2) is 29.0 Å². The SMILES string of the molecule is CCCN(CCC)c1cc(C(=O)NCc2ccc(F)cc2)ncn1. The van der Waals surface area contributed by atoms with Gasteiger partial charge in [-0.15, -0.1) is 0 Å². The maximum absolute atomic E-state index is 12.9. The lowest BCUT2D eigenvalue weighted by Crippen LogP contribution is -2.28. The summed E-state index contributed by atoms with van der Waals surface area (Å²) < 4.78 is 12.9. The van der Waals surface area contributed by atoms with Crippen molar-refractivity contribution in [1.82, 2.24) is 15.3 Å². The zero-order valence-electron chi connectivity index (χ0n) is 14.1. The first-order valence-electron chi connectivity index (χ1n) is 8.23. The number of rotatable bonds is 8. The summed E-state index contributed by atoms with van der Waals surface area (Å²) in [5.74, 6) is 0.203. The van der Waals surface area contributed by atoms with Gasteiger partial charge in [-0.25, -0.2) is 14.4 Å². The van der Waals surface area contributed by atoms with Gasteiger partial charge < -0.3 is 10.2 Å². The molecule has 1 N–H and O–H groups in total.